The van der Waals surface area contributed by atoms with Crippen molar-refractivity contribution in [3.8, 4) is 0 Å². The van der Waals surface area contributed by atoms with Crippen LogP contribution in [0.1, 0.15) is 16.1 Å². The van der Waals surface area contributed by atoms with Gasteiger partial charge >= 0.3 is 0 Å². The van der Waals surface area contributed by atoms with Gasteiger partial charge in [-0.1, -0.05) is 12.1 Å². The van der Waals surface area contributed by atoms with Crippen LogP contribution >= 0.6 is 23.1 Å². The third-order valence-corrected chi connectivity index (χ3v) is 3.76. The molecule has 5 heteroatoms. The van der Waals surface area contributed by atoms with Crippen LogP contribution in [0.2, 0.25) is 0 Å². The minimum Gasteiger partial charge on any atom is -0.287 e. The summed E-state index contributed by atoms with van der Waals surface area (Å²) in [5.41, 5.74) is 1.13. The molecule has 0 radical (unpaired) electrons. The minimum absolute atomic E-state index is 0.0539. The first-order valence-corrected chi connectivity index (χ1v) is 6.26. The number of thiophene rings is 1. The van der Waals surface area contributed by atoms with Crippen LogP contribution in [0.5, 0.6) is 0 Å². The molecule has 3 rings (SSSR count). The lowest BCUT2D eigenvalue weighted by molar-refractivity contribution is 0.103. The Balaban J connectivity index is 2.19. The monoisotopic (exact) mass is 246 g/mol. The first-order chi connectivity index (χ1) is 7.86. The molecule has 0 bridgehead atoms. The first kappa shape index (κ1) is 9.62. The fourth-order valence-corrected chi connectivity index (χ4v) is 2.90. The highest BCUT2D eigenvalue weighted by Gasteiger charge is 2.15. The van der Waals surface area contributed by atoms with Gasteiger partial charge in [0, 0.05) is 10.3 Å². The third-order valence-electron chi connectivity index (χ3n) is 2.32. The van der Waals surface area contributed by atoms with E-state index in [-0.39, 0.29) is 5.78 Å². The van der Waals surface area contributed by atoms with Crippen molar-refractivity contribution in [1.82, 2.24) is 8.75 Å². The molecule has 1 aromatic carbocycles. The largest absolute Gasteiger partial charge is 0.287 e. The van der Waals surface area contributed by atoms with Crippen molar-refractivity contribution < 1.29 is 4.79 Å². The van der Waals surface area contributed by atoms with E-state index in [1.165, 1.54) is 6.20 Å². The molecule has 2 heterocycles. The summed E-state index contributed by atoms with van der Waals surface area (Å²) in [5.74, 6) is -0.0539. The van der Waals surface area contributed by atoms with Crippen molar-refractivity contribution in [3.63, 3.8) is 0 Å². The second-order valence-corrected chi connectivity index (χ2v) is 4.74. The van der Waals surface area contributed by atoms with Crippen LogP contribution in [0.3, 0.4) is 0 Å². The Bertz CT molecular complexity index is 643. The van der Waals surface area contributed by atoms with E-state index in [1.54, 1.807) is 11.3 Å². The summed E-state index contributed by atoms with van der Waals surface area (Å²) in [4.78, 5) is 12.1. The molecule has 0 aliphatic carbocycles. The summed E-state index contributed by atoms with van der Waals surface area (Å²) in [6, 6.07) is 7.74. The van der Waals surface area contributed by atoms with Crippen molar-refractivity contribution in [1.29, 1.82) is 0 Å². The molecule has 3 nitrogen and oxygen atoms in total. The number of hydrogen-bond donors (Lipinski definition) is 0. The van der Waals surface area contributed by atoms with Crippen LogP contribution in [-0.2, 0) is 0 Å². The lowest BCUT2D eigenvalue weighted by Gasteiger charge is -1.98. The number of nitrogens with zero attached hydrogens (tertiary/aromatic N) is 2. The molecule has 0 fully saturated rings. The predicted octanol–water partition coefficient (Wildman–Crippen LogP) is 2.98. The first-order valence-electron chi connectivity index (χ1n) is 4.65. The van der Waals surface area contributed by atoms with Gasteiger partial charge in [0.1, 0.15) is 5.69 Å². The number of carbonyl (C=O) groups excluding carboxylic acids is 1. The normalized spacial score (nSPS) is 10.8. The number of fused-ring (bicyclic) bond motifs is 1. The molecule has 3 aromatic rings. The molecule has 0 atom stereocenters. The van der Waals surface area contributed by atoms with Crippen molar-refractivity contribution in [2.45, 2.75) is 0 Å². The van der Waals surface area contributed by atoms with Gasteiger partial charge in [-0.2, -0.15) is 8.75 Å². The van der Waals surface area contributed by atoms with E-state index in [0.29, 0.717) is 11.3 Å². The number of benzene rings is 1. The van der Waals surface area contributed by atoms with E-state index >= 15 is 0 Å². The van der Waals surface area contributed by atoms with Crippen LogP contribution in [0.15, 0.2) is 35.8 Å². The van der Waals surface area contributed by atoms with Crippen LogP contribution in [-0.4, -0.2) is 14.5 Å². The van der Waals surface area contributed by atoms with Crippen molar-refractivity contribution >= 4 is 38.9 Å². The third kappa shape index (κ3) is 1.45. The molecule has 0 saturated heterocycles. The molecule has 0 saturated carbocycles. The van der Waals surface area contributed by atoms with Gasteiger partial charge in [0.25, 0.3) is 0 Å². The van der Waals surface area contributed by atoms with Crippen LogP contribution in [0.4, 0.5) is 0 Å². The fraction of sp³-hybridized carbons (Fsp3) is 0. The quantitative estimate of drug-likeness (QED) is 0.653. The Kier molecular flexibility index (Phi) is 2.27. The standard InChI is InChI=1S/C11H6N2OS2/c14-10(9-6-12-16-13-9)8-3-1-2-7-4-5-15-11(7)8/h1-6H. The van der Waals surface area contributed by atoms with E-state index in [0.717, 1.165) is 21.8 Å². The van der Waals surface area contributed by atoms with Gasteiger partial charge < -0.3 is 0 Å². The highest BCUT2D eigenvalue weighted by atomic mass is 32.1. The van der Waals surface area contributed by atoms with Gasteiger partial charge in [0.05, 0.1) is 17.9 Å². The van der Waals surface area contributed by atoms with Crippen molar-refractivity contribution in [3.05, 3.63) is 47.1 Å². The Morgan fingerprint density at radius 1 is 1.25 bits per heavy atom. The van der Waals surface area contributed by atoms with Gasteiger partial charge in [0.15, 0.2) is 0 Å². The fourth-order valence-electron chi connectivity index (χ4n) is 1.57. The zero-order chi connectivity index (χ0) is 11.0. The molecule has 0 unspecified atom stereocenters. The van der Waals surface area contributed by atoms with Gasteiger partial charge in [0.2, 0.25) is 5.78 Å². The summed E-state index contributed by atoms with van der Waals surface area (Å²) in [6.07, 6.45) is 1.51. The Morgan fingerprint density at radius 3 is 3.00 bits per heavy atom. The van der Waals surface area contributed by atoms with Crippen LogP contribution in [0, 0.1) is 0 Å². The van der Waals surface area contributed by atoms with Crippen LogP contribution < -0.4 is 0 Å². The Labute approximate surface area is 99.7 Å². The van der Waals surface area contributed by atoms with E-state index < -0.39 is 0 Å². The number of hydrogen-bond acceptors (Lipinski definition) is 5. The number of aromatic nitrogens is 2. The zero-order valence-electron chi connectivity index (χ0n) is 8.08. The zero-order valence-corrected chi connectivity index (χ0v) is 9.72. The van der Waals surface area contributed by atoms with Gasteiger partial charge in [-0.3, -0.25) is 4.79 Å². The smallest absolute Gasteiger partial charge is 0.215 e. The SMILES string of the molecule is O=C(c1cnsn1)c1cccc2ccsc12. The molecule has 0 spiro atoms. The number of rotatable bonds is 2. The van der Waals surface area contributed by atoms with E-state index in [1.807, 2.05) is 29.6 Å². The van der Waals surface area contributed by atoms with Gasteiger partial charge in [-0.15, -0.1) is 11.3 Å². The molecule has 0 amide bonds. The van der Waals surface area contributed by atoms with E-state index in [9.17, 15) is 4.79 Å². The minimum atomic E-state index is -0.0539. The van der Waals surface area contributed by atoms with Crippen molar-refractivity contribution in [2.24, 2.45) is 0 Å². The topological polar surface area (TPSA) is 42.9 Å². The average Bonchev–Trinajstić information content (AvgIpc) is 2.98. The summed E-state index contributed by atoms with van der Waals surface area (Å²) >= 11 is 2.63. The summed E-state index contributed by atoms with van der Waals surface area (Å²) in [6.45, 7) is 0. The van der Waals surface area contributed by atoms with Gasteiger partial charge in [-0.25, -0.2) is 0 Å². The molecule has 16 heavy (non-hydrogen) atoms. The Morgan fingerprint density at radius 2 is 2.19 bits per heavy atom. The second kappa shape index (κ2) is 3.77. The number of ketones is 1. The maximum atomic E-state index is 12.1. The van der Waals surface area contributed by atoms with E-state index in [4.69, 9.17) is 0 Å². The molecule has 0 aliphatic rings. The summed E-state index contributed by atoms with van der Waals surface area (Å²) in [7, 11) is 0. The molecular formula is C11H6N2OS2. The lowest BCUT2D eigenvalue weighted by Crippen LogP contribution is -2.01. The molecule has 78 valence electrons. The highest BCUT2D eigenvalue weighted by molar-refractivity contribution is 7.17. The van der Waals surface area contributed by atoms with Crippen LogP contribution in [0.25, 0.3) is 10.1 Å². The molecular weight excluding hydrogens is 240 g/mol. The molecule has 0 aliphatic heterocycles. The molecule has 2 aromatic heterocycles. The van der Waals surface area contributed by atoms with E-state index in [2.05, 4.69) is 8.75 Å². The summed E-state index contributed by atoms with van der Waals surface area (Å²) < 4.78 is 8.83. The average molecular weight is 246 g/mol. The predicted molar refractivity (Wildman–Crippen MR) is 65.2 cm³/mol. The Hall–Kier alpha value is -1.59. The summed E-state index contributed by atoms with van der Waals surface area (Å²) in [5, 5.41) is 3.08. The molecule has 0 N–H and O–H groups in total. The number of carbonyl (C=O) groups is 1. The van der Waals surface area contributed by atoms with Gasteiger partial charge in [-0.05, 0) is 22.9 Å². The highest BCUT2D eigenvalue weighted by Crippen LogP contribution is 2.26. The second-order valence-electron chi connectivity index (χ2n) is 3.27. The maximum absolute atomic E-state index is 12.1. The van der Waals surface area contributed by atoms with Crippen molar-refractivity contribution in [2.75, 3.05) is 0 Å². The maximum Gasteiger partial charge on any atom is 0.215 e. The lowest BCUT2D eigenvalue weighted by atomic mass is 10.1.